The summed E-state index contributed by atoms with van der Waals surface area (Å²) in [7, 11) is 0. The van der Waals surface area contributed by atoms with Crippen LogP contribution in [0.4, 0.5) is 5.95 Å². The zero-order valence-corrected chi connectivity index (χ0v) is 26.4. The third kappa shape index (κ3) is 15.7. The molecule has 8 nitrogen and oxygen atoms in total. The summed E-state index contributed by atoms with van der Waals surface area (Å²) in [4.78, 5) is 37.9. The van der Waals surface area contributed by atoms with Crippen molar-refractivity contribution in [3.8, 4) is 0 Å². The standard InChI is InChI=1S/C35H50N6O2/c1-5-6-7-8-9-10-11-12-13-14-15-16-17-18-19-20-21-22-23-24-32(42)38-30(4)34(43)40-35-36-27-31-33(39-35)41(28-37-31)26-25-29(2)3/h6-7,9-10,12-13,15-16,18-19,21-22,27-30H,5,8,11,14,17,20,23-26H2,1-4H3,(H,38,42)(H,36,39,40,43)/b7-6-,10-9-,13-12-,16-15-,19-18-,22-21-/t30-/m0/s1. The first kappa shape index (κ1) is 35.1. The second-order valence-electron chi connectivity index (χ2n) is 10.8. The summed E-state index contributed by atoms with van der Waals surface area (Å²) in [5.41, 5.74) is 1.36. The maximum absolute atomic E-state index is 12.6. The number of imidazole rings is 1. The molecule has 2 rings (SSSR count). The number of nitrogens with zero attached hydrogens (tertiary/aromatic N) is 4. The van der Waals surface area contributed by atoms with Crippen LogP contribution in [0.2, 0.25) is 0 Å². The highest BCUT2D eigenvalue weighted by Gasteiger charge is 2.17. The van der Waals surface area contributed by atoms with Crippen LogP contribution in [-0.4, -0.2) is 37.4 Å². The molecule has 2 aromatic heterocycles. The number of rotatable bonds is 20. The summed E-state index contributed by atoms with van der Waals surface area (Å²) in [5, 5.41) is 5.44. The first-order valence-corrected chi connectivity index (χ1v) is 15.6. The number of fused-ring (bicyclic) bond motifs is 1. The number of hydrogen-bond acceptors (Lipinski definition) is 5. The molecule has 2 aromatic rings. The zero-order valence-electron chi connectivity index (χ0n) is 26.4. The second kappa shape index (κ2) is 21.6. The molecule has 0 bridgehead atoms. The smallest absolute Gasteiger partial charge is 0.249 e. The van der Waals surface area contributed by atoms with E-state index in [1.165, 1.54) is 0 Å². The van der Waals surface area contributed by atoms with E-state index in [4.69, 9.17) is 0 Å². The van der Waals surface area contributed by atoms with Gasteiger partial charge in [0.25, 0.3) is 0 Å². The van der Waals surface area contributed by atoms with Crippen molar-refractivity contribution in [1.29, 1.82) is 0 Å². The molecule has 0 aliphatic carbocycles. The minimum atomic E-state index is -0.706. The molecule has 43 heavy (non-hydrogen) atoms. The number of carbonyl (C=O) groups excluding carboxylic acids is 2. The number of aryl methyl sites for hydroxylation is 1. The van der Waals surface area contributed by atoms with Gasteiger partial charge in [0.1, 0.15) is 11.6 Å². The van der Waals surface area contributed by atoms with Gasteiger partial charge in [-0.05, 0) is 64.2 Å². The Morgan fingerprint density at radius 2 is 1.37 bits per heavy atom. The fourth-order valence-electron chi connectivity index (χ4n) is 3.93. The molecule has 0 unspecified atom stereocenters. The van der Waals surface area contributed by atoms with E-state index in [0.29, 0.717) is 29.9 Å². The van der Waals surface area contributed by atoms with Crippen LogP contribution in [0, 0.1) is 5.92 Å². The average Bonchev–Trinajstić information content (AvgIpc) is 3.39. The number of carbonyl (C=O) groups is 2. The van der Waals surface area contributed by atoms with Crippen molar-refractivity contribution in [3.05, 3.63) is 85.4 Å². The van der Waals surface area contributed by atoms with Gasteiger partial charge < -0.3 is 9.88 Å². The lowest BCUT2D eigenvalue weighted by atomic mass is 10.1. The van der Waals surface area contributed by atoms with Gasteiger partial charge in [0.05, 0.1) is 12.5 Å². The highest BCUT2D eigenvalue weighted by atomic mass is 16.2. The SMILES string of the molecule is CC/C=C\C/C=C\C/C=C\C/C=C\C/C=C\C/C=C\CCC(=O)N[C@@H](C)C(=O)Nc1ncc2ncn(CCC(C)C)c2n1. The molecule has 2 amide bonds. The van der Waals surface area contributed by atoms with Crippen molar-refractivity contribution >= 4 is 28.9 Å². The van der Waals surface area contributed by atoms with E-state index in [0.717, 1.165) is 51.5 Å². The second-order valence-corrected chi connectivity index (χ2v) is 10.8. The van der Waals surface area contributed by atoms with Crippen molar-refractivity contribution in [2.24, 2.45) is 5.92 Å². The molecular formula is C35H50N6O2. The Bertz CT molecular complexity index is 1280. The molecule has 0 aliphatic rings. The third-order valence-electron chi connectivity index (χ3n) is 6.45. The maximum atomic E-state index is 12.6. The summed E-state index contributed by atoms with van der Waals surface area (Å²) >= 11 is 0. The normalized spacial score (nSPS) is 13.3. The molecule has 232 valence electrons. The molecule has 2 heterocycles. The van der Waals surface area contributed by atoms with Gasteiger partial charge in [0, 0.05) is 13.0 Å². The Kier molecular flexibility index (Phi) is 17.7. The number of anilines is 1. The Hall–Kier alpha value is -4.07. The lowest BCUT2D eigenvalue weighted by molar-refractivity contribution is -0.126. The van der Waals surface area contributed by atoms with Crippen molar-refractivity contribution in [2.45, 2.75) is 98.1 Å². The summed E-state index contributed by atoms with van der Waals surface area (Å²) in [6.07, 6.45) is 36.9. The minimum Gasteiger partial charge on any atom is -0.345 e. The lowest BCUT2D eigenvalue weighted by Gasteiger charge is -2.13. The molecular weight excluding hydrogens is 536 g/mol. The molecule has 8 heteroatoms. The van der Waals surface area contributed by atoms with Gasteiger partial charge in [0.15, 0.2) is 5.65 Å². The van der Waals surface area contributed by atoms with E-state index < -0.39 is 6.04 Å². The van der Waals surface area contributed by atoms with Crippen LogP contribution in [0.15, 0.2) is 85.4 Å². The summed E-state index contributed by atoms with van der Waals surface area (Å²) < 4.78 is 1.97. The summed E-state index contributed by atoms with van der Waals surface area (Å²) in [5.74, 6) is 0.213. The van der Waals surface area contributed by atoms with E-state index in [1.807, 2.05) is 10.6 Å². The van der Waals surface area contributed by atoms with Gasteiger partial charge in [-0.15, -0.1) is 0 Å². The van der Waals surface area contributed by atoms with Crippen LogP contribution in [0.25, 0.3) is 11.2 Å². The molecule has 0 aliphatic heterocycles. The van der Waals surface area contributed by atoms with Gasteiger partial charge in [-0.3, -0.25) is 14.9 Å². The highest BCUT2D eigenvalue weighted by molar-refractivity contribution is 5.96. The van der Waals surface area contributed by atoms with Crippen molar-refractivity contribution in [1.82, 2.24) is 24.8 Å². The van der Waals surface area contributed by atoms with Crippen LogP contribution in [-0.2, 0) is 16.1 Å². The molecule has 1 atom stereocenters. The largest absolute Gasteiger partial charge is 0.345 e. The van der Waals surface area contributed by atoms with Gasteiger partial charge in [0.2, 0.25) is 17.8 Å². The van der Waals surface area contributed by atoms with Crippen LogP contribution in [0.1, 0.15) is 85.5 Å². The van der Waals surface area contributed by atoms with Crippen LogP contribution in [0.5, 0.6) is 0 Å². The topological polar surface area (TPSA) is 102 Å². The average molecular weight is 587 g/mol. The zero-order chi connectivity index (χ0) is 31.1. The summed E-state index contributed by atoms with van der Waals surface area (Å²) in [6.45, 7) is 8.92. The van der Waals surface area contributed by atoms with Gasteiger partial charge >= 0.3 is 0 Å². The Morgan fingerprint density at radius 1 is 0.814 bits per heavy atom. The molecule has 0 spiro atoms. The number of nitrogens with one attached hydrogen (secondary N) is 2. The van der Waals surface area contributed by atoms with Crippen LogP contribution < -0.4 is 10.6 Å². The van der Waals surface area contributed by atoms with Crippen molar-refractivity contribution < 1.29 is 9.59 Å². The summed E-state index contributed by atoms with van der Waals surface area (Å²) in [6, 6.07) is -0.706. The molecule has 0 aromatic carbocycles. The van der Waals surface area contributed by atoms with E-state index in [-0.39, 0.29) is 17.8 Å². The van der Waals surface area contributed by atoms with E-state index >= 15 is 0 Å². The van der Waals surface area contributed by atoms with Crippen LogP contribution >= 0.6 is 0 Å². The monoisotopic (exact) mass is 586 g/mol. The predicted octanol–water partition coefficient (Wildman–Crippen LogP) is 7.79. The Labute approximate surface area is 257 Å². The third-order valence-corrected chi connectivity index (χ3v) is 6.45. The van der Waals surface area contributed by atoms with Crippen LogP contribution in [0.3, 0.4) is 0 Å². The first-order valence-electron chi connectivity index (χ1n) is 15.6. The molecule has 0 fully saturated rings. The highest BCUT2D eigenvalue weighted by Crippen LogP contribution is 2.13. The Balaban J connectivity index is 1.58. The Morgan fingerprint density at radius 3 is 1.93 bits per heavy atom. The lowest BCUT2D eigenvalue weighted by Crippen LogP contribution is -2.41. The van der Waals surface area contributed by atoms with Crippen molar-refractivity contribution in [2.75, 3.05) is 5.32 Å². The number of hydrogen-bond donors (Lipinski definition) is 2. The maximum Gasteiger partial charge on any atom is 0.249 e. The van der Waals surface area contributed by atoms with E-state index in [1.54, 1.807) is 19.4 Å². The van der Waals surface area contributed by atoms with E-state index in [2.05, 4.69) is 113 Å². The fraction of sp³-hybridized carbons (Fsp3) is 0.457. The minimum absolute atomic E-state index is 0.176. The molecule has 0 saturated carbocycles. The quantitative estimate of drug-likeness (QED) is 0.154. The van der Waals surface area contributed by atoms with Gasteiger partial charge in [-0.1, -0.05) is 93.7 Å². The number of allylic oxidation sites excluding steroid dienone is 12. The predicted molar refractivity (Wildman–Crippen MR) is 178 cm³/mol. The molecule has 2 N–H and O–H groups in total. The first-order chi connectivity index (χ1) is 20.9. The van der Waals surface area contributed by atoms with E-state index in [9.17, 15) is 9.59 Å². The number of amides is 2. The van der Waals surface area contributed by atoms with Gasteiger partial charge in [-0.2, -0.15) is 4.98 Å². The molecule has 0 saturated heterocycles. The fourth-order valence-corrected chi connectivity index (χ4v) is 3.93. The molecule has 0 radical (unpaired) electrons. The van der Waals surface area contributed by atoms with Gasteiger partial charge in [-0.25, -0.2) is 9.97 Å². The number of aromatic nitrogens is 4. The van der Waals surface area contributed by atoms with Crippen molar-refractivity contribution in [3.63, 3.8) is 0 Å².